The Morgan fingerprint density at radius 2 is 1.88 bits per heavy atom. The quantitative estimate of drug-likeness (QED) is 0.825. The largest absolute Gasteiger partial charge is 0.383 e. The van der Waals surface area contributed by atoms with E-state index < -0.39 is 0 Å². The van der Waals surface area contributed by atoms with Gasteiger partial charge in [-0.05, 0) is 18.8 Å². The van der Waals surface area contributed by atoms with E-state index in [4.69, 9.17) is 5.73 Å². The molecule has 0 fully saturated rings. The predicted octanol–water partition coefficient (Wildman–Crippen LogP) is 2.63. The van der Waals surface area contributed by atoms with Gasteiger partial charge in [0.2, 0.25) is 0 Å². The molecule has 0 aromatic carbocycles. The molecule has 1 aromatic heterocycles. The summed E-state index contributed by atoms with van der Waals surface area (Å²) < 4.78 is 0. The zero-order chi connectivity index (χ0) is 13.0. The van der Waals surface area contributed by atoms with Crippen LogP contribution in [0.2, 0.25) is 0 Å². The summed E-state index contributed by atoms with van der Waals surface area (Å²) in [6, 6.07) is 0. The zero-order valence-corrected chi connectivity index (χ0v) is 11.5. The summed E-state index contributed by atoms with van der Waals surface area (Å²) in [6.45, 7) is 11.6. The van der Waals surface area contributed by atoms with Gasteiger partial charge in [0.05, 0.1) is 0 Å². The van der Waals surface area contributed by atoms with Crippen molar-refractivity contribution in [1.29, 1.82) is 0 Å². The fraction of sp³-hybridized carbons (Fsp3) is 0.692. The van der Waals surface area contributed by atoms with E-state index in [0.29, 0.717) is 17.7 Å². The van der Waals surface area contributed by atoms with Crippen LogP contribution < -0.4 is 11.1 Å². The van der Waals surface area contributed by atoms with Crippen molar-refractivity contribution in [3.63, 3.8) is 0 Å². The SMILES string of the molecule is CCc1nc(N)c(C)c(NCC(C)C(C)C)n1. The highest BCUT2D eigenvalue weighted by Gasteiger charge is 2.10. The van der Waals surface area contributed by atoms with E-state index in [9.17, 15) is 0 Å². The second kappa shape index (κ2) is 5.84. The number of aryl methyl sites for hydroxylation is 1. The summed E-state index contributed by atoms with van der Waals surface area (Å²) in [4.78, 5) is 8.72. The number of hydrogen-bond donors (Lipinski definition) is 2. The van der Waals surface area contributed by atoms with Crippen molar-refractivity contribution in [2.45, 2.75) is 41.0 Å². The van der Waals surface area contributed by atoms with Crippen LogP contribution in [0.3, 0.4) is 0 Å². The van der Waals surface area contributed by atoms with Crippen LogP contribution in [0.25, 0.3) is 0 Å². The van der Waals surface area contributed by atoms with Crippen LogP contribution >= 0.6 is 0 Å². The Morgan fingerprint density at radius 3 is 2.41 bits per heavy atom. The van der Waals surface area contributed by atoms with Gasteiger partial charge in [0.1, 0.15) is 17.5 Å². The molecule has 0 aliphatic heterocycles. The average Bonchev–Trinajstić information content (AvgIpc) is 2.30. The molecule has 17 heavy (non-hydrogen) atoms. The van der Waals surface area contributed by atoms with Crippen molar-refractivity contribution < 1.29 is 0 Å². The standard InChI is InChI=1S/C13H24N4/c1-6-11-16-12(14)10(5)13(17-11)15-7-9(4)8(2)3/h8-9H,6-7H2,1-5H3,(H3,14,15,16,17). The molecule has 0 saturated heterocycles. The molecule has 0 radical (unpaired) electrons. The van der Waals surface area contributed by atoms with Crippen molar-refractivity contribution in [3.8, 4) is 0 Å². The normalized spacial score (nSPS) is 12.8. The van der Waals surface area contributed by atoms with Crippen molar-refractivity contribution in [2.75, 3.05) is 17.6 Å². The first-order valence-electron chi connectivity index (χ1n) is 6.32. The molecule has 1 atom stereocenters. The van der Waals surface area contributed by atoms with Gasteiger partial charge in [-0.15, -0.1) is 0 Å². The van der Waals surface area contributed by atoms with Crippen LogP contribution in [-0.4, -0.2) is 16.5 Å². The van der Waals surface area contributed by atoms with Gasteiger partial charge in [-0.3, -0.25) is 0 Å². The van der Waals surface area contributed by atoms with Gasteiger partial charge in [0.25, 0.3) is 0 Å². The Balaban J connectivity index is 2.80. The summed E-state index contributed by atoms with van der Waals surface area (Å²) in [5, 5.41) is 3.38. The molecule has 0 saturated carbocycles. The number of nitrogens with zero attached hydrogens (tertiary/aromatic N) is 2. The van der Waals surface area contributed by atoms with Gasteiger partial charge in [0.15, 0.2) is 0 Å². The lowest BCUT2D eigenvalue weighted by atomic mass is 9.98. The minimum atomic E-state index is 0.580. The minimum absolute atomic E-state index is 0.580. The van der Waals surface area contributed by atoms with E-state index in [-0.39, 0.29) is 0 Å². The summed E-state index contributed by atoms with van der Waals surface area (Å²) in [7, 11) is 0. The third-order valence-electron chi connectivity index (χ3n) is 3.28. The lowest BCUT2D eigenvalue weighted by Crippen LogP contribution is -2.18. The van der Waals surface area contributed by atoms with E-state index in [1.165, 1.54) is 0 Å². The monoisotopic (exact) mass is 236 g/mol. The van der Waals surface area contributed by atoms with Crippen LogP contribution in [0.15, 0.2) is 0 Å². The Morgan fingerprint density at radius 1 is 1.24 bits per heavy atom. The fourth-order valence-corrected chi connectivity index (χ4v) is 1.41. The maximum atomic E-state index is 5.87. The van der Waals surface area contributed by atoms with Crippen LogP contribution in [0.4, 0.5) is 11.6 Å². The summed E-state index contributed by atoms with van der Waals surface area (Å²) >= 11 is 0. The van der Waals surface area contributed by atoms with Crippen molar-refractivity contribution in [1.82, 2.24) is 9.97 Å². The van der Waals surface area contributed by atoms with Gasteiger partial charge in [-0.25, -0.2) is 9.97 Å². The maximum Gasteiger partial charge on any atom is 0.134 e. The molecule has 1 heterocycles. The smallest absolute Gasteiger partial charge is 0.134 e. The van der Waals surface area contributed by atoms with E-state index in [1.807, 2.05) is 13.8 Å². The molecule has 0 aliphatic rings. The molecule has 0 aliphatic carbocycles. The highest BCUT2D eigenvalue weighted by atomic mass is 15.1. The number of nitrogens with one attached hydrogen (secondary N) is 1. The Bertz CT molecular complexity index is 374. The van der Waals surface area contributed by atoms with Crippen molar-refractivity contribution in [3.05, 3.63) is 11.4 Å². The first-order chi connectivity index (χ1) is 7.95. The molecule has 1 unspecified atom stereocenters. The Hall–Kier alpha value is -1.32. The fourth-order valence-electron chi connectivity index (χ4n) is 1.41. The second-order valence-corrected chi connectivity index (χ2v) is 4.95. The molecule has 3 N–H and O–H groups in total. The third-order valence-corrected chi connectivity index (χ3v) is 3.28. The molecular weight excluding hydrogens is 212 g/mol. The molecule has 1 aromatic rings. The van der Waals surface area contributed by atoms with E-state index in [0.717, 1.165) is 30.2 Å². The van der Waals surface area contributed by atoms with Crippen LogP contribution in [-0.2, 0) is 6.42 Å². The first-order valence-corrected chi connectivity index (χ1v) is 6.32. The highest BCUT2D eigenvalue weighted by molar-refractivity contribution is 5.54. The average molecular weight is 236 g/mol. The van der Waals surface area contributed by atoms with E-state index >= 15 is 0 Å². The van der Waals surface area contributed by atoms with Crippen molar-refractivity contribution in [2.24, 2.45) is 11.8 Å². The third kappa shape index (κ3) is 3.58. The molecule has 0 amide bonds. The first kappa shape index (κ1) is 13.7. The predicted molar refractivity (Wildman–Crippen MR) is 73.1 cm³/mol. The van der Waals surface area contributed by atoms with Gasteiger partial charge in [-0.2, -0.15) is 0 Å². The number of nitrogen functional groups attached to an aromatic ring is 1. The molecule has 96 valence electrons. The molecular formula is C13H24N4. The minimum Gasteiger partial charge on any atom is -0.383 e. The van der Waals surface area contributed by atoms with E-state index in [1.54, 1.807) is 0 Å². The van der Waals surface area contributed by atoms with Gasteiger partial charge in [-0.1, -0.05) is 27.7 Å². The number of anilines is 2. The highest BCUT2D eigenvalue weighted by Crippen LogP contribution is 2.19. The zero-order valence-electron chi connectivity index (χ0n) is 11.5. The van der Waals surface area contributed by atoms with Crippen LogP contribution in [0.5, 0.6) is 0 Å². The Kier molecular flexibility index (Phi) is 4.73. The molecule has 4 nitrogen and oxygen atoms in total. The molecule has 0 bridgehead atoms. The summed E-state index contributed by atoms with van der Waals surface area (Å²) in [5.41, 5.74) is 6.81. The number of hydrogen-bond acceptors (Lipinski definition) is 4. The van der Waals surface area contributed by atoms with Crippen LogP contribution in [0, 0.1) is 18.8 Å². The van der Waals surface area contributed by atoms with E-state index in [2.05, 4.69) is 36.1 Å². The topological polar surface area (TPSA) is 63.8 Å². The second-order valence-electron chi connectivity index (χ2n) is 4.95. The Labute approximate surface area is 104 Å². The maximum absolute atomic E-state index is 5.87. The molecule has 0 spiro atoms. The lowest BCUT2D eigenvalue weighted by molar-refractivity contribution is 0.439. The molecule has 4 heteroatoms. The van der Waals surface area contributed by atoms with Gasteiger partial charge >= 0.3 is 0 Å². The van der Waals surface area contributed by atoms with Crippen molar-refractivity contribution >= 4 is 11.6 Å². The molecule has 1 rings (SSSR count). The van der Waals surface area contributed by atoms with Gasteiger partial charge in [0, 0.05) is 18.5 Å². The number of rotatable bonds is 5. The van der Waals surface area contributed by atoms with Crippen LogP contribution in [0.1, 0.15) is 39.1 Å². The lowest BCUT2D eigenvalue weighted by Gasteiger charge is -2.18. The number of aromatic nitrogens is 2. The number of nitrogens with two attached hydrogens (primary N) is 1. The summed E-state index contributed by atoms with van der Waals surface area (Å²) in [5.74, 6) is 3.52. The summed E-state index contributed by atoms with van der Waals surface area (Å²) in [6.07, 6.45) is 0.804. The van der Waals surface area contributed by atoms with Gasteiger partial charge < -0.3 is 11.1 Å².